The van der Waals surface area contributed by atoms with Gasteiger partial charge in [-0.25, -0.2) is 0 Å². The second-order valence-electron chi connectivity index (χ2n) is 5.31. The van der Waals surface area contributed by atoms with E-state index < -0.39 is 0 Å². The molecule has 2 heterocycles. The largest absolute Gasteiger partial charge is 0.493 e. The molecule has 0 unspecified atom stereocenters. The number of para-hydroxylation sites is 1. The Morgan fingerprint density at radius 2 is 2.26 bits per heavy atom. The first-order valence-corrected chi connectivity index (χ1v) is 7.00. The lowest BCUT2D eigenvalue weighted by Gasteiger charge is -2.37. The molecular formula is C15H20N2O2. The van der Waals surface area contributed by atoms with E-state index in [0.29, 0.717) is 6.61 Å². The minimum atomic E-state index is -0.0366. The first-order valence-electron chi connectivity index (χ1n) is 7.00. The number of fused-ring (bicyclic) bond motifs is 1. The lowest BCUT2D eigenvalue weighted by atomic mass is 9.91. The Morgan fingerprint density at radius 1 is 1.42 bits per heavy atom. The van der Waals surface area contributed by atoms with Gasteiger partial charge in [0.15, 0.2) is 0 Å². The van der Waals surface area contributed by atoms with Gasteiger partial charge >= 0.3 is 0 Å². The van der Waals surface area contributed by atoms with Crippen LogP contribution in [0.3, 0.4) is 0 Å². The molecule has 102 valence electrons. The molecule has 3 rings (SSSR count). The Bertz CT molecular complexity index is 475. The summed E-state index contributed by atoms with van der Waals surface area (Å²) in [5.74, 6) is 1.09. The van der Waals surface area contributed by atoms with E-state index in [1.165, 1.54) is 0 Å². The van der Waals surface area contributed by atoms with Crippen LogP contribution in [0, 0.1) is 0 Å². The van der Waals surface area contributed by atoms with E-state index in [9.17, 15) is 4.79 Å². The molecule has 4 heteroatoms. The third-order valence-electron chi connectivity index (χ3n) is 4.04. The summed E-state index contributed by atoms with van der Waals surface area (Å²) in [5.41, 5.74) is 1.05. The number of carbonyl (C=O) groups excluding carboxylic acids is 1. The maximum atomic E-state index is 12.8. The fourth-order valence-corrected chi connectivity index (χ4v) is 2.97. The van der Waals surface area contributed by atoms with Crippen molar-refractivity contribution >= 4 is 5.91 Å². The molecule has 19 heavy (non-hydrogen) atoms. The Kier molecular flexibility index (Phi) is 3.42. The zero-order chi connectivity index (χ0) is 13.2. The summed E-state index contributed by atoms with van der Waals surface area (Å²) in [5, 5.41) is 3.32. The van der Waals surface area contributed by atoms with E-state index in [1.54, 1.807) is 0 Å². The molecule has 1 amide bonds. The third kappa shape index (κ3) is 2.32. The molecule has 4 nitrogen and oxygen atoms in total. The Labute approximate surface area is 113 Å². The van der Waals surface area contributed by atoms with Crippen molar-refractivity contribution in [3.05, 3.63) is 29.8 Å². The smallest absolute Gasteiger partial charge is 0.230 e. The topological polar surface area (TPSA) is 41.6 Å². The van der Waals surface area contributed by atoms with E-state index in [1.807, 2.05) is 29.2 Å². The Balaban J connectivity index is 1.84. The Hall–Kier alpha value is -1.55. The van der Waals surface area contributed by atoms with Gasteiger partial charge in [0, 0.05) is 31.2 Å². The number of hydrogen-bond donors (Lipinski definition) is 1. The van der Waals surface area contributed by atoms with Crippen molar-refractivity contribution in [2.24, 2.45) is 0 Å². The highest BCUT2D eigenvalue weighted by Crippen LogP contribution is 2.34. The first-order chi connectivity index (χ1) is 9.27. The van der Waals surface area contributed by atoms with Crippen LogP contribution in [0.2, 0.25) is 0 Å². The third-order valence-corrected chi connectivity index (χ3v) is 4.04. The molecule has 1 saturated heterocycles. The first kappa shape index (κ1) is 12.5. The lowest BCUT2D eigenvalue weighted by molar-refractivity contribution is -0.136. The van der Waals surface area contributed by atoms with Crippen molar-refractivity contribution in [3.8, 4) is 5.75 Å². The fourth-order valence-electron chi connectivity index (χ4n) is 2.97. The van der Waals surface area contributed by atoms with Gasteiger partial charge in [0.1, 0.15) is 5.75 Å². The van der Waals surface area contributed by atoms with Crippen LogP contribution in [0.15, 0.2) is 24.3 Å². The second-order valence-corrected chi connectivity index (χ2v) is 5.31. The van der Waals surface area contributed by atoms with Crippen molar-refractivity contribution in [2.45, 2.75) is 25.3 Å². The maximum Gasteiger partial charge on any atom is 0.230 e. The van der Waals surface area contributed by atoms with Gasteiger partial charge in [0.2, 0.25) is 5.91 Å². The average molecular weight is 260 g/mol. The fraction of sp³-hybridized carbons (Fsp3) is 0.533. The van der Waals surface area contributed by atoms with Crippen molar-refractivity contribution in [1.82, 2.24) is 10.2 Å². The van der Waals surface area contributed by atoms with Crippen LogP contribution < -0.4 is 10.1 Å². The molecular weight excluding hydrogens is 240 g/mol. The van der Waals surface area contributed by atoms with Gasteiger partial charge in [0.05, 0.1) is 12.5 Å². The van der Waals surface area contributed by atoms with Gasteiger partial charge in [-0.2, -0.15) is 0 Å². The lowest BCUT2D eigenvalue weighted by Crippen LogP contribution is -2.53. The molecule has 0 bridgehead atoms. The van der Waals surface area contributed by atoms with Crippen LogP contribution in [0.1, 0.15) is 24.8 Å². The number of nitrogens with zero attached hydrogens (tertiary/aromatic N) is 1. The zero-order valence-electron chi connectivity index (χ0n) is 11.3. The van der Waals surface area contributed by atoms with Crippen LogP contribution in [-0.2, 0) is 4.79 Å². The molecule has 0 aromatic heterocycles. The summed E-state index contributed by atoms with van der Waals surface area (Å²) >= 11 is 0. The highest BCUT2D eigenvalue weighted by atomic mass is 16.5. The van der Waals surface area contributed by atoms with Crippen molar-refractivity contribution in [3.63, 3.8) is 0 Å². The van der Waals surface area contributed by atoms with Crippen LogP contribution in [0.25, 0.3) is 0 Å². The number of ether oxygens (including phenoxy) is 1. The van der Waals surface area contributed by atoms with Gasteiger partial charge in [-0.1, -0.05) is 18.2 Å². The summed E-state index contributed by atoms with van der Waals surface area (Å²) in [6, 6.07) is 8.19. The molecule has 1 aromatic rings. The summed E-state index contributed by atoms with van der Waals surface area (Å²) in [6.45, 7) is 5.32. The van der Waals surface area contributed by atoms with Gasteiger partial charge in [0.25, 0.3) is 0 Å². The molecule has 2 aliphatic heterocycles. The van der Waals surface area contributed by atoms with E-state index in [0.717, 1.165) is 37.4 Å². The molecule has 2 aliphatic rings. The molecule has 2 atom stereocenters. The predicted molar refractivity (Wildman–Crippen MR) is 73.3 cm³/mol. The number of carbonyl (C=O) groups is 1. The monoisotopic (exact) mass is 260 g/mol. The van der Waals surface area contributed by atoms with Crippen LogP contribution in [0.4, 0.5) is 0 Å². The summed E-state index contributed by atoms with van der Waals surface area (Å²) in [4.78, 5) is 14.8. The molecule has 0 radical (unpaired) electrons. The highest BCUT2D eigenvalue weighted by molar-refractivity contribution is 5.85. The number of hydrogen-bond acceptors (Lipinski definition) is 3. The van der Waals surface area contributed by atoms with Crippen molar-refractivity contribution in [2.75, 3.05) is 26.2 Å². The summed E-state index contributed by atoms with van der Waals surface area (Å²) in [6.07, 6.45) is 0.784. The zero-order valence-corrected chi connectivity index (χ0v) is 11.3. The minimum Gasteiger partial charge on any atom is -0.493 e. The summed E-state index contributed by atoms with van der Waals surface area (Å²) in [7, 11) is 0. The summed E-state index contributed by atoms with van der Waals surface area (Å²) < 4.78 is 5.63. The molecule has 0 aliphatic carbocycles. The SMILES string of the molecule is C[C@@H]1CNCCN1C(=O)[C@H]1CCOc2ccccc21. The normalized spacial score (nSPS) is 26.5. The molecule has 1 N–H and O–H groups in total. The van der Waals surface area contributed by atoms with E-state index in [-0.39, 0.29) is 17.9 Å². The van der Waals surface area contributed by atoms with Crippen LogP contribution >= 0.6 is 0 Å². The van der Waals surface area contributed by atoms with Gasteiger partial charge in [-0.3, -0.25) is 4.79 Å². The van der Waals surface area contributed by atoms with E-state index in [2.05, 4.69) is 12.2 Å². The van der Waals surface area contributed by atoms with Crippen molar-refractivity contribution < 1.29 is 9.53 Å². The predicted octanol–water partition coefficient (Wildman–Crippen LogP) is 1.37. The molecule has 0 spiro atoms. The quantitative estimate of drug-likeness (QED) is 0.829. The standard InChI is InChI=1S/C15H20N2O2/c1-11-10-16-7-8-17(11)15(18)13-6-9-19-14-5-3-2-4-12(13)14/h2-5,11,13,16H,6-10H2,1H3/t11-,13+/m1/s1. The number of rotatable bonds is 1. The number of amides is 1. The highest BCUT2D eigenvalue weighted by Gasteiger charge is 2.33. The van der Waals surface area contributed by atoms with Crippen LogP contribution in [-0.4, -0.2) is 43.1 Å². The molecule has 1 fully saturated rings. The number of benzene rings is 1. The second kappa shape index (κ2) is 5.21. The minimum absolute atomic E-state index is 0.0366. The van der Waals surface area contributed by atoms with Crippen LogP contribution in [0.5, 0.6) is 5.75 Å². The maximum absolute atomic E-state index is 12.8. The van der Waals surface area contributed by atoms with Crippen molar-refractivity contribution in [1.29, 1.82) is 0 Å². The van der Waals surface area contributed by atoms with E-state index >= 15 is 0 Å². The van der Waals surface area contributed by atoms with Gasteiger partial charge in [-0.15, -0.1) is 0 Å². The van der Waals surface area contributed by atoms with E-state index in [4.69, 9.17) is 4.74 Å². The number of piperazine rings is 1. The average Bonchev–Trinajstić information content (AvgIpc) is 2.46. The van der Waals surface area contributed by atoms with Gasteiger partial charge < -0.3 is 15.0 Å². The molecule has 1 aromatic carbocycles. The van der Waals surface area contributed by atoms with Gasteiger partial charge in [-0.05, 0) is 19.4 Å². The number of nitrogens with one attached hydrogen (secondary N) is 1. The Morgan fingerprint density at radius 3 is 3.11 bits per heavy atom. The molecule has 0 saturated carbocycles.